The van der Waals surface area contributed by atoms with E-state index >= 15 is 4.39 Å². The number of aromatic nitrogens is 4. The molecule has 0 atom stereocenters. The van der Waals surface area contributed by atoms with Crippen LogP contribution in [0.2, 0.25) is 0 Å². The molecule has 0 aliphatic heterocycles. The maximum Gasteiger partial charge on any atom is 0.252 e. The average Bonchev–Trinajstić information content (AvgIpc) is 3.63. The first-order valence-electron chi connectivity index (χ1n) is 12.7. The second-order valence-corrected chi connectivity index (χ2v) is 9.96. The number of nitrogens with one attached hydrogen (secondary N) is 1. The molecular weight excluding hydrogens is 514 g/mol. The molecule has 3 N–H and O–H groups in total. The van der Waals surface area contributed by atoms with E-state index in [1.165, 1.54) is 16.6 Å². The van der Waals surface area contributed by atoms with Crippen LogP contribution in [0.4, 0.5) is 8.78 Å². The first kappa shape index (κ1) is 25.3. The zero-order chi connectivity index (χ0) is 28.0. The van der Waals surface area contributed by atoms with Crippen LogP contribution >= 0.6 is 0 Å². The van der Waals surface area contributed by atoms with Crippen molar-refractivity contribution in [1.82, 2.24) is 24.9 Å². The molecule has 3 aromatic heterocycles. The maximum atomic E-state index is 16.2. The Labute approximate surface area is 227 Å². The summed E-state index contributed by atoms with van der Waals surface area (Å²) >= 11 is 0. The number of hydrogen-bond donors (Lipinski definition) is 2. The molecule has 0 saturated heterocycles. The highest BCUT2D eigenvalue weighted by Crippen LogP contribution is 2.44. The number of pyridine rings is 1. The first-order valence-corrected chi connectivity index (χ1v) is 12.7. The molecule has 200 valence electrons. The largest absolute Gasteiger partial charge is 0.365 e. The SMILES string of the molecule is Cc1ccc(C(=O)NC2(c3ncccn3)CC2)cc1-c1ccn2nc(Cc3ccc(F)cc3)c(C(N)=O)c2c1F. The lowest BCUT2D eigenvalue weighted by atomic mass is 9.96. The molecular formula is C30H24F2N6O2. The number of aryl methyl sites for hydroxylation is 1. The van der Waals surface area contributed by atoms with E-state index in [1.54, 1.807) is 61.1 Å². The van der Waals surface area contributed by atoms with Gasteiger partial charge in [-0.2, -0.15) is 5.10 Å². The summed E-state index contributed by atoms with van der Waals surface area (Å²) in [7, 11) is 0. The lowest BCUT2D eigenvalue weighted by molar-refractivity contribution is 0.0927. The molecule has 0 radical (unpaired) electrons. The van der Waals surface area contributed by atoms with Crippen molar-refractivity contribution in [1.29, 1.82) is 0 Å². The maximum absolute atomic E-state index is 16.2. The summed E-state index contributed by atoms with van der Waals surface area (Å²) in [5.74, 6) is -1.67. The van der Waals surface area contributed by atoms with Gasteiger partial charge in [0.15, 0.2) is 11.6 Å². The molecule has 0 spiro atoms. The minimum Gasteiger partial charge on any atom is -0.365 e. The molecule has 2 amide bonds. The number of rotatable bonds is 7. The van der Waals surface area contributed by atoms with Crippen LogP contribution in [0.1, 0.15) is 56.2 Å². The highest BCUT2D eigenvalue weighted by Gasteiger charge is 2.48. The number of halogens is 2. The predicted molar refractivity (Wildman–Crippen MR) is 143 cm³/mol. The summed E-state index contributed by atoms with van der Waals surface area (Å²) in [6.45, 7) is 1.81. The third kappa shape index (κ3) is 4.47. The number of nitrogens with zero attached hydrogens (tertiary/aromatic N) is 4. The summed E-state index contributed by atoms with van der Waals surface area (Å²) in [4.78, 5) is 34.3. The molecule has 2 aromatic carbocycles. The van der Waals surface area contributed by atoms with Crippen molar-refractivity contribution in [2.45, 2.75) is 31.7 Å². The zero-order valence-electron chi connectivity index (χ0n) is 21.5. The normalized spacial score (nSPS) is 13.8. The van der Waals surface area contributed by atoms with Crippen LogP contribution in [0.15, 0.2) is 73.2 Å². The van der Waals surface area contributed by atoms with E-state index in [4.69, 9.17) is 5.73 Å². The molecule has 6 rings (SSSR count). The molecule has 0 bridgehead atoms. The van der Waals surface area contributed by atoms with Gasteiger partial charge in [0.05, 0.1) is 11.3 Å². The van der Waals surface area contributed by atoms with Crippen LogP contribution in [-0.4, -0.2) is 31.4 Å². The fraction of sp³-hybridized carbons (Fsp3) is 0.167. The Morgan fingerprint density at radius 3 is 2.42 bits per heavy atom. The molecule has 1 fully saturated rings. The van der Waals surface area contributed by atoms with Gasteiger partial charge in [0.2, 0.25) is 0 Å². The van der Waals surface area contributed by atoms with Crippen molar-refractivity contribution in [3.8, 4) is 11.1 Å². The first-order chi connectivity index (χ1) is 19.3. The van der Waals surface area contributed by atoms with Gasteiger partial charge in [-0.15, -0.1) is 0 Å². The topological polar surface area (TPSA) is 115 Å². The summed E-state index contributed by atoms with van der Waals surface area (Å²) in [6.07, 6.45) is 6.44. The highest BCUT2D eigenvalue weighted by molar-refractivity contribution is 6.02. The zero-order valence-corrected chi connectivity index (χ0v) is 21.5. The van der Waals surface area contributed by atoms with Crippen LogP contribution < -0.4 is 11.1 Å². The van der Waals surface area contributed by atoms with Gasteiger partial charge in [-0.3, -0.25) is 9.59 Å². The van der Waals surface area contributed by atoms with Gasteiger partial charge in [-0.05, 0) is 72.9 Å². The highest BCUT2D eigenvalue weighted by atomic mass is 19.1. The van der Waals surface area contributed by atoms with E-state index in [0.29, 0.717) is 22.5 Å². The van der Waals surface area contributed by atoms with Crippen LogP contribution in [0.25, 0.3) is 16.6 Å². The Balaban J connectivity index is 1.37. The van der Waals surface area contributed by atoms with Crippen molar-refractivity contribution >= 4 is 17.3 Å². The Morgan fingerprint density at radius 1 is 1.02 bits per heavy atom. The van der Waals surface area contributed by atoms with Gasteiger partial charge in [0.1, 0.15) is 16.9 Å². The minimum atomic E-state index is -0.828. The van der Waals surface area contributed by atoms with Crippen molar-refractivity contribution < 1.29 is 18.4 Å². The van der Waals surface area contributed by atoms with Gasteiger partial charge in [0.25, 0.3) is 11.8 Å². The summed E-state index contributed by atoms with van der Waals surface area (Å²) in [5, 5.41) is 7.44. The fourth-order valence-corrected chi connectivity index (χ4v) is 4.95. The van der Waals surface area contributed by atoms with Crippen molar-refractivity contribution in [3.63, 3.8) is 0 Å². The van der Waals surface area contributed by atoms with E-state index in [-0.39, 0.29) is 34.7 Å². The predicted octanol–water partition coefficient (Wildman–Crippen LogP) is 4.49. The number of carbonyl (C=O) groups is 2. The third-order valence-electron chi connectivity index (χ3n) is 7.23. The number of nitrogens with two attached hydrogens (primary N) is 1. The van der Waals surface area contributed by atoms with Gasteiger partial charge >= 0.3 is 0 Å². The van der Waals surface area contributed by atoms with Gasteiger partial charge in [0, 0.05) is 36.1 Å². The molecule has 40 heavy (non-hydrogen) atoms. The number of benzene rings is 2. The Hall–Kier alpha value is -4.99. The Morgan fingerprint density at radius 2 is 1.75 bits per heavy atom. The Kier molecular flexibility index (Phi) is 6.10. The van der Waals surface area contributed by atoms with Crippen LogP contribution in [0.3, 0.4) is 0 Å². The molecule has 1 saturated carbocycles. The van der Waals surface area contributed by atoms with Crippen LogP contribution in [0.5, 0.6) is 0 Å². The smallest absolute Gasteiger partial charge is 0.252 e. The fourth-order valence-electron chi connectivity index (χ4n) is 4.95. The lowest BCUT2D eigenvalue weighted by Crippen LogP contribution is -2.36. The van der Waals surface area contributed by atoms with E-state index in [1.807, 2.05) is 6.92 Å². The summed E-state index contributed by atoms with van der Waals surface area (Å²) in [6, 6.07) is 14.1. The van der Waals surface area contributed by atoms with Crippen molar-refractivity contribution in [2.24, 2.45) is 5.73 Å². The second-order valence-electron chi connectivity index (χ2n) is 9.96. The number of amides is 2. The third-order valence-corrected chi connectivity index (χ3v) is 7.23. The van der Waals surface area contributed by atoms with Crippen molar-refractivity contribution in [3.05, 3.63) is 119 Å². The number of primary amides is 1. The number of carbonyl (C=O) groups excluding carboxylic acids is 2. The van der Waals surface area contributed by atoms with E-state index in [2.05, 4.69) is 20.4 Å². The minimum absolute atomic E-state index is 0.0474. The van der Waals surface area contributed by atoms with E-state index < -0.39 is 23.1 Å². The Bertz CT molecular complexity index is 1780. The monoisotopic (exact) mass is 538 g/mol. The summed E-state index contributed by atoms with van der Waals surface area (Å²) < 4.78 is 30.8. The molecule has 1 aliphatic carbocycles. The van der Waals surface area contributed by atoms with E-state index in [9.17, 15) is 14.0 Å². The van der Waals surface area contributed by atoms with Crippen LogP contribution in [0, 0.1) is 18.6 Å². The lowest BCUT2D eigenvalue weighted by Gasteiger charge is -2.17. The molecule has 10 heteroatoms. The molecule has 0 unspecified atom stereocenters. The standard InChI is InChI=1S/C30H24F2N6O2/c1-17-3-6-19(28(40)36-30(10-11-30)29-34-12-2-13-35-29)16-22(17)21-9-14-38-26(25(21)32)24(27(33)39)23(37-38)15-18-4-7-20(31)8-5-18/h2-9,12-14,16H,10-11,15H2,1H3,(H2,33,39)(H,36,40). The average molecular weight is 539 g/mol. The van der Waals surface area contributed by atoms with Crippen molar-refractivity contribution in [2.75, 3.05) is 0 Å². The van der Waals surface area contributed by atoms with Gasteiger partial charge < -0.3 is 11.1 Å². The van der Waals surface area contributed by atoms with E-state index in [0.717, 1.165) is 18.4 Å². The number of hydrogen-bond acceptors (Lipinski definition) is 5. The molecule has 5 aromatic rings. The molecule has 1 aliphatic rings. The quantitative estimate of drug-likeness (QED) is 0.317. The number of fused-ring (bicyclic) bond motifs is 1. The van der Waals surface area contributed by atoms with Crippen LogP contribution in [-0.2, 0) is 12.0 Å². The van der Waals surface area contributed by atoms with Gasteiger partial charge in [-0.1, -0.05) is 18.2 Å². The second kappa shape index (κ2) is 9.64. The molecule has 3 heterocycles. The van der Waals surface area contributed by atoms with Gasteiger partial charge in [-0.25, -0.2) is 23.3 Å². The summed E-state index contributed by atoms with van der Waals surface area (Å²) in [5.41, 5.74) is 7.71. The molecule has 8 nitrogen and oxygen atoms in total.